The topological polar surface area (TPSA) is 78.4 Å². The molecule has 2 amide bonds. The van der Waals surface area contributed by atoms with Gasteiger partial charge in [0.25, 0.3) is 0 Å². The summed E-state index contributed by atoms with van der Waals surface area (Å²) >= 11 is 3.11. The van der Waals surface area contributed by atoms with Gasteiger partial charge >= 0.3 is 12.0 Å². The van der Waals surface area contributed by atoms with Gasteiger partial charge in [0, 0.05) is 11.0 Å². The van der Waals surface area contributed by atoms with Crippen LogP contribution in [0.4, 0.5) is 14.9 Å². The molecule has 0 saturated heterocycles. The average Bonchev–Trinajstić information content (AvgIpc) is 2.37. The van der Waals surface area contributed by atoms with E-state index in [4.69, 9.17) is 5.11 Å². The fourth-order valence-corrected chi connectivity index (χ4v) is 1.97. The summed E-state index contributed by atoms with van der Waals surface area (Å²) in [6.07, 6.45) is 1.18. The normalized spacial score (nSPS) is 11.8. The molecule has 1 atom stereocenters. The molecular weight excluding hydrogens is 331 g/mol. The third kappa shape index (κ3) is 5.16. The number of urea groups is 1. The molecule has 0 fully saturated rings. The van der Waals surface area contributed by atoms with Crippen LogP contribution in [0.25, 0.3) is 0 Å². The monoisotopic (exact) mass is 346 g/mol. The lowest BCUT2D eigenvalue weighted by molar-refractivity contribution is -0.141. The van der Waals surface area contributed by atoms with Crippen molar-refractivity contribution in [1.29, 1.82) is 0 Å². The Morgan fingerprint density at radius 3 is 2.70 bits per heavy atom. The van der Waals surface area contributed by atoms with Crippen molar-refractivity contribution in [2.75, 3.05) is 11.9 Å². The number of amides is 2. The van der Waals surface area contributed by atoms with Crippen molar-refractivity contribution in [1.82, 2.24) is 5.32 Å². The van der Waals surface area contributed by atoms with Crippen molar-refractivity contribution in [3.63, 3.8) is 0 Å². The van der Waals surface area contributed by atoms with Crippen LogP contribution in [0.1, 0.15) is 19.8 Å². The number of carboxylic acids is 1. The number of carbonyl (C=O) groups excluding carboxylic acids is 1. The Hall–Kier alpha value is -1.63. The molecule has 110 valence electrons. The smallest absolute Gasteiger partial charge is 0.319 e. The van der Waals surface area contributed by atoms with Crippen molar-refractivity contribution in [3.05, 3.63) is 28.5 Å². The van der Waals surface area contributed by atoms with Gasteiger partial charge in [-0.15, -0.1) is 0 Å². The second kappa shape index (κ2) is 7.84. The number of halogens is 2. The van der Waals surface area contributed by atoms with E-state index in [1.165, 1.54) is 12.1 Å². The van der Waals surface area contributed by atoms with E-state index in [0.29, 0.717) is 17.3 Å². The lowest BCUT2D eigenvalue weighted by Crippen LogP contribution is -2.35. The summed E-state index contributed by atoms with van der Waals surface area (Å²) < 4.78 is 14.1. The van der Waals surface area contributed by atoms with E-state index in [9.17, 15) is 14.0 Å². The molecule has 5 nitrogen and oxygen atoms in total. The Balaban J connectivity index is 2.53. The van der Waals surface area contributed by atoms with E-state index in [1.807, 2.05) is 6.92 Å². The molecule has 20 heavy (non-hydrogen) atoms. The van der Waals surface area contributed by atoms with Crippen LogP contribution in [0.2, 0.25) is 0 Å². The minimum Gasteiger partial charge on any atom is -0.481 e. The second-order valence-corrected chi connectivity index (χ2v) is 5.20. The summed E-state index contributed by atoms with van der Waals surface area (Å²) in [4.78, 5) is 22.5. The molecule has 1 aromatic rings. The highest BCUT2D eigenvalue weighted by Crippen LogP contribution is 2.19. The molecule has 3 N–H and O–H groups in total. The number of hydrogen-bond acceptors (Lipinski definition) is 2. The van der Waals surface area contributed by atoms with Gasteiger partial charge in [-0.2, -0.15) is 0 Å². The maximum absolute atomic E-state index is 13.5. The summed E-state index contributed by atoms with van der Waals surface area (Å²) in [7, 11) is 0. The average molecular weight is 347 g/mol. The van der Waals surface area contributed by atoms with Crippen molar-refractivity contribution >= 4 is 33.6 Å². The molecule has 1 unspecified atom stereocenters. The molecular formula is C13H16BrFN2O3. The molecule has 0 spiro atoms. The third-order valence-corrected chi connectivity index (χ3v) is 3.17. The standard InChI is InChI=1S/C13H16BrFN2O3/c1-2-3-8(12(18)19)7-16-13(20)17-11-5-4-9(14)6-10(11)15/h4-6,8H,2-3,7H2,1H3,(H,18,19)(H2,16,17,20). The molecule has 0 bridgehead atoms. The van der Waals surface area contributed by atoms with Crippen LogP contribution in [0.15, 0.2) is 22.7 Å². The number of anilines is 1. The van der Waals surface area contributed by atoms with Crippen LogP contribution in [0, 0.1) is 11.7 Å². The van der Waals surface area contributed by atoms with Gasteiger partial charge in [-0.25, -0.2) is 9.18 Å². The molecule has 0 saturated carbocycles. The van der Waals surface area contributed by atoms with E-state index in [2.05, 4.69) is 26.6 Å². The van der Waals surface area contributed by atoms with Crippen LogP contribution < -0.4 is 10.6 Å². The molecule has 0 aliphatic heterocycles. The Bertz CT molecular complexity index is 497. The molecule has 1 aromatic carbocycles. The number of carbonyl (C=O) groups is 2. The van der Waals surface area contributed by atoms with Crippen molar-refractivity contribution in [3.8, 4) is 0 Å². The SMILES string of the molecule is CCCC(CNC(=O)Nc1ccc(Br)cc1F)C(=O)O. The van der Waals surface area contributed by atoms with Crippen LogP contribution in [-0.2, 0) is 4.79 Å². The highest BCUT2D eigenvalue weighted by molar-refractivity contribution is 9.10. The van der Waals surface area contributed by atoms with Gasteiger partial charge in [0.15, 0.2) is 0 Å². The lowest BCUT2D eigenvalue weighted by atomic mass is 10.0. The van der Waals surface area contributed by atoms with E-state index < -0.39 is 23.7 Å². The Labute approximate surface area is 124 Å². The fraction of sp³-hybridized carbons (Fsp3) is 0.385. The second-order valence-electron chi connectivity index (χ2n) is 4.28. The van der Waals surface area contributed by atoms with Crippen LogP contribution in [0.3, 0.4) is 0 Å². The number of carboxylic acid groups (broad SMARTS) is 1. The lowest BCUT2D eigenvalue weighted by Gasteiger charge is -2.13. The molecule has 0 aromatic heterocycles. The zero-order chi connectivity index (χ0) is 15.1. The van der Waals surface area contributed by atoms with E-state index >= 15 is 0 Å². The van der Waals surface area contributed by atoms with Gasteiger partial charge in [-0.1, -0.05) is 29.3 Å². The largest absolute Gasteiger partial charge is 0.481 e. The van der Waals surface area contributed by atoms with Gasteiger partial charge in [0.05, 0.1) is 11.6 Å². The number of hydrogen-bond donors (Lipinski definition) is 3. The summed E-state index contributed by atoms with van der Waals surface area (Å²) in [5.41, 5.74) is 0.0352. The third-order valence-electron chi connectivity index (χ3n) is 2.67. The first-order chi connectivity index (χ1) is 9.43. The maximum Gasteiger partial charge on any atom is 0.319 e. The van der Waals surface area contributed by atoms with E-state index in [1.54, 1.807) is 6.07 Å². The first-order valence-corrected chi connectivity index (χ1v) is 6.96. The van der Waals surface area contributed by atoms with Gasteiger partial charge in [0.1, 0.15) is 5.82 Å². The fourth-order valence-electron chi connectivity index (χ4n) is 1.63. The Morgan fingerprint density at radius 2 is 2.15 bits per heavy atom. The van der Waals surface area contributed by atoms with Gasteiger partial charge in [-0.05, 0) is 24.6 Å². The highest BCUT2D eigenvalue weighted by Gasteiger charge is 2.17. The van der Waals surface area contributed by atoms with Gasteiger partial charge in [-0.3, -0.25) is 4.79 Å². The molecule has 0 aliphatic carbocycles. The molecule has 1 rings (SSSR count). The molecule has 7 heteroatoms. The first-order valence-electron chi connectivity index (χ1n) is 6.16. The van der Waals surface area contributed by atoms with Crippen LogP contribution in [-0.4, -0.2) is 23.7 Å². The van der Waals surface area contributed by atoms with Crippen LogP contribution in [0.5, 0.6) is 0 Å². The summed E-state index contributed by atoms with van der Waals surface area (Å²) in [5, 5.41) is 13.7. The Morgan fingerprint density at radius 1 is 1.45 bits per heavy atom. The minimum absolute atomic E-state index is 0.00710. The summed E-state index contributed by atoms with van der Waals surface area (Å²) in [5.74, 6) is -2.17. The van der Waals surface area contributed by atoms with E-state index in [-0.39, 0.29) is 12.2 Å². The summed E-state index contributed by atoms with van der Waals surface area (Å²) in [6, 6.07) is 3.61. The number of rotatable bonds is 6. The minimum atomic E-state index is -0.957. The molecule has 0 heterocycles. The highest BCUT2D eigenvalue weighted by atomic mass is 79.9. The summed E-state index contributed by atoms with van der Waals surface area (Å²) in [6.45, 7) is 1.88. The maximum atomic E-state index is 13.5. The zero-order valence-corrected chi connectivity index (χ0v) is 12.5. The first kappa shape index (κ1) is 16.4. The van der Waals surface area contributed by atoms with Crippen molar-refractivity contribution < 1.29 is 19.1 Å². The number of benzene rings is 1. The van der Waals surface area contributed by atoms with Crippen LogP contribution >= 0.6 is 15.9 Å². The predicted molar refractivity (Wildman–Crippen MR) is 77.2 cm³/mol. The zero-order valence-electron chi connectivity index (χ0n) is 11.0. The molecule has 0 aliphatic rings. The van der Waals surface area contributed by atoms with Crippen molar-refractivity contribution in [2.45, 2.75) is 19.8 Å². The number of nitrogens with one attached hydrogen (secondary N) is 2. The Kier molecular flexibility index (Phi) is 6.44. The van der Waals surface area contributed by atoms with Gasteiger partial charge in [0.2, 0.25) is 0 Å². The van der Waals surface area contributed by atoms with Crippen molar-refractivity contribution in [2.24, 2.45) is 5.92 Å². The number of aliphatic carboxylic acids is 1. The van der Waals surface area contributed by atoms with E-state index in [0.717, 1.165) is 0 Å². The molecule has 0 radical (unpaired) electrons. The quantitative estimate of drug-likeness (QED) is 0.739. The predicted octanol–water partition coefficient (Wildman–Crippen LogP) is 3.21. The van der Waals surface area contributed by atoms with Gasteiger partial charge < -0.3 is 15.7 Å².